The average Bonchev–Trinajstić information content (AvgIpc) is 3.06. The highest BCUT2D eigenvalue weighted by molar-refractivity contribution is 7.14. The lowest BCUT2D eigenvalue weighted by molar-refractivity contribution is 0.0527. The van der Waals surface area contributed by atoms with Crippen LogP contribution in [0.2, 0.25) is 0 Å². The first kappa shape index (κ1) is 15.3. The summed E-state index contributed by atoms with van der Waals surface area (Å²) >= 11 is 1.45. The van der Waals surface area contributed by atoms with Gasteiger partial charge in [0.05, 0.1) is 17.2 Å². The first-order valence-electron chi connectivity index (χ1n) is 6.82. The third kappa shape index (κ3) is 3.33. The quantitative estimate of drug-likeness (QED) is 0.832. The van der Waals surface area contributed by atoms with Gasteiger partial charge in [-0.3, -0.25) is 4.79 Å². The van der Waals surface area contributed by atoms with Crippen LogP contribution in [-0.2, 0) is 11.2 Å². The van der Waals surface area contributed by atoms with Crippen LogP contribution in [0.1, 0.15) is 44.4 Å². The van der Waals surface area contributed by atoms with E-state index in [0.29, 0.717) is 28.4 Å². The molecule has 0 aliphatic heterocycles. The highest BCUT2D eigenvalue weighted by atomic mass is 32.1. The second-order valence-electron chi connectivity index (χ2n) is 4.50. The fraction of sp³-hybridized carbons (Fsp3) is 0.333. The van der Waals surface area contributed by atoms with Crippen molar-refractivity contribution in [1.82, 2.24) is 4.98 Å². The standard InChI is InChI=1S/C15H18N2O3S/c1-4-10-6-7-12(21-10)14(18)17-11-8-16-9(3)13(11)15(19)20-5-2/h6-8,16H,4-5H2,1-3H3,(H,17,18). The largest absolute Gasteiger partial charge is 0.462 e. The number of aromatic nitrogens is 1. The number of nitrogens with one attached hydrogen (secondary N) is 2. The molecular formula is C15H18N2O3S. The molecule has 21 heavy (non-hydrogen) atoms. The molecule has 0 unspecified atom stereocenters. The van der Waals surface area contributed by atoms with E-state index in [2.05, 4.69) is 10.3 Å². The van der Waals surface area contributed by atoms with Gasteiger partial charge in [0.25, 0.3) is 5.91 Å². The van der Waals surface area contributed by atoms with E-state index in [1.165, 1.54) is 11.3 Å². The van der Waals surface area contributed by atoms with Crippen LogP contribution in [0.5, 0.6) is 0 Å². The first-order valence-corrected chi connectivity index (χ1v) is 7.63. The number of thiophene rings is 1. The minimum absolute atomic E-state index is 0.218. The lowest BCUT2D eigenvalue weighted by atomic mass is 10.2. The van der Waals surface area contributed by atoms with E-state index in [-0.39, 0.29) is 5.91 Å². The summed E-state index contributed by atoms with van der Waals surface area (Å²) < 4.78 is 5.01. The Kier molecular flexibility index (Phi) is 4.80. The van der Waals surface area contributed by atoms with E-state index < -0.39 is 5.97 Å². The van der Waals surface area contributed by atoms with Gasteiger partial charge in [-0.05, 0) is 32.4 Å². The smallest absolute Gasteiger partial charge is 0.342 e. The number of hydrogen-bond acceptors (Lipinski definition) is 4. The fourth-order valence-electron chi connectivity index (χ4n) is 1.97. The van der Waals surface area contributed by atoms with Crippen molar-refractivity contribution in [2.24, 2.45) is 0 Å². The number of amides is 1. The van der Waals surface area contributed by atoms with Gasteiger partial charge in [0.15, 0.2) is 0 Å². The van der Waals surface area contributed by atoms with Crippen molar-refractivity contribution in [2.75, 3.05) is 11.9 Å². The van der Waals surface area contributed by atoms with Crippen molar-refractivity contribution in [3.05, 3.63) is 39.3 Å². The van der Waals surface area contributed by atoms with Gasteiger partial charge in [-0.2, -0.15) is 0 Å². The second kappa shape index (κ2) is 6.58. The summed E-state index contributed by atoms with van der Waals surface area (Å²) in [6.45, 7) is 5.85. The molecule has 0 aliphatic carbocycles. The van der Waals surface area contributed by atoms with Crippen LogP contribution in [0.4, 0.5) is 5.69 Å². The summed E-state index contributed by atoms with van der Waals surface area (Å²) in [5.74, 6) is -0.656. The third-order valence-electron chi connectivity index (χ3n) is 3.04. The normalized spacial score (nSPS) is 10.4. The Morgan fingerprint density at radius 3 is 2.71 bits per heavy atom. The summed E-state index contributed by atoms with van der Waals surface area (Å²) in [6.07, 6.45) is 2.50. The van der Waals surface area contributed by atoms with Gasteiger partial charge < -0.3 is 15.0 Å². The average molecular weight is 306 g/mol. The maximum absolute atomic E-state index is 12.2. The first-order chi connectivity index (χ1) is 10.1. The van der Waals surface area contributed by atoms with E-state index in [4.69, 9.17) is 4.74 Å². The van der Waals surface area contributed by atoms with Crippen LogP contribution in [-0.4, -0.2) is 23.5 Å². The molecule has 0 saturated carbocycles. The monoisotopic (exact) mass is 306 g/mol. The number of H-pyrrole nitrogens is 1. The Morgan fingerprint density at radius 2 is 2.10 bits per heavy atom. The molecule has 2 aromatic rings. The summed E-state index contributed by atoms with van der Waals surface area (Å²) in [5, 5.41) is 2.76. The van der Waals surface area contributed by atoms with Crippen molar-refractivity contribution in [1.29, 1.82) is 0 Å². The summed E-state index contributed by atoms with van der Waals surface area (Å²) in [5.41, 5.74) is 1.49. The molecule has 2 aromatic heterocycles. The lowest BCUT2D eigenvalue weighted by Crippen LogP contribution is -2.14. The highest BCUT2D eigenvalue weighted by Gasteiger charge is 2.20. The molecule has 0 fully saturated rings. The summed E-state index contributed by atoms with van der Waals surface area (Å²) in [4.78, 5) is 28.9. The number of ether oxygens (including phenoxy) is 1. The Balaban J connectivity index is 2.19. The number of carbonyl (C=O) groups is 2. The van der Waals surface area contributed by atoms with Gasteiger partial charge in [0, 0.05) is 16.8 Å². The molecule has 2 heterocycles. The van der Waals surface area contributed by atoms with E-state index in [0.717, 1.165) is 11.3 Å². The van der Waals surface area contributed by atoms with Crippen molar-refractivity contribution in [3.8, 4) is 0 Å². The Morgan fingerprint density at radius 1 is 1.33 bits per heavy atom. The van der Waals surface area contributed by atoms with E-state index >= 15 is 0 Å². The zero-order valence-electron chi connectivity index (χ0n) is 12.3. The summed E-state index contributed by atoms with van der Waals surface area (Å²) in [6, 6.07) is 3.73. The molecular weight excluding hydrogens is 288 g/mol. The molecule has 0 radical (unpaired) electrons. The van der Waals surface area contributed by atoms with E-state index in [1.807, 2.05) is 13.0 Å². The Bertz CT molecular complexity index is 658. The maximum Gasteiger partial charge on any atom is 0.342 e. The third-order valence-corrected chi connectivity index (χ3v) is 4.27. The number of aryl methyl sites for hydroxylation is 2. The molecule has 6 heteroatoms. The number of carbonyl (C=O) groups excluding carboxylic acids is 2. The molecule has 112 valence electrons. The second-order valence-corrected chi connectivity index (χ2v) is 5.66. The zero-order valence-corrected chi connectivity index (χ0v) is 13.1. The van der Waals surface area contributed by atoms with Crippen molar-refractivity contribution < 1.29 is 14.3 Å². The van der Waals surface area contributed by atoms with Gasteiger partial charge in [0.1, 0.15) is 5.56 Å². The number of hydrogen-bond donors (Lipinski definition) is 2. The minimum Gasteiger partial charge on any atom is -0.462 e. The fourth-order valence-corrected chi connectivity index (χ4v) is 2.81. The SMILES string of the molecule is CCOC(=O)c1c(NC(=O)c2ccc(CC)s2)c[nH]c1C. The van der Waals surface area contributed by atoms with Gasteiger partial charge >= 0.3 is 5.97 Å². The molecule has 2 N–H and O–H groups in total. The van der Waals surface area contributed by atoms with Crippen LogP contribution in [0.25, 0.3) is 0 Å². The predicted molar refractivity (Wildman–Crippen MR) is 83.1 cm³/mol. The lowest BCUT2D eigenvalue weighted by Gasteiger charge is -2.06. The molecule has 0 bridgehead atoms. The molecule has 0 saturated heterocycles. The topological polar surface area (TPSA) is 71.2 Å². The van der Waals surface area contributed by atoms with Crippen molar-refractivity contribution >= 4 is 28.9 Å². The zero-order chi connectivity index (χ0) is 15.4. The van der Waals surface area contributed by atoms with Crippen molar-refractivity contribution in [2.45, 2.75) is 27.2 Å². The highest BCUT2D eigenvalue weighted by Crippen LogP contribution is 2.23. The minimum atomic E-state index is -0.438. The van der Waals surface area contributed by atoms with Crippen LogP contribution in [0, 0.1) is 6.92 Å². The van der Waals surface area contributed by atoms with E-state index in [9.17, 15) is 9.59 Å². The van der Waals surface area contributed by atoms with Crippen LogP contribution in [0.3, 0.4) is 0 Å². The molecule has 1 amide bonds. The van der Waals surface area contributed by atoms with Crippen molar-refractivity contribution in [3.63, 3.8) is 0 Å². The molecule has 0 atom stereocenters. The number of anilines is 1. The van der Waals surface area contributed by atoms with Gasteiger partial charge in [-0.15, -0.1) is 11.3 Å². The Hall–Kier alpha value is -2.08. The number of aromatic amines is 1. The predicted octanol–water partition coefficient (Wildman–Crippen LogP) is 3.38. The summed E-state index contributed by atoms with van der Waals surface area (Å²) in [7, 11) is 0. The van der Waals surface area contributed by atoms with Gasteiger partial charge in [0.2, 0.25) is 0 Å². The molecule has 5 nitrogen and oxygen atoms in total. The van der Waals surface area contributed by atoms with Crippen LogP contribution < -0.4 is 5.32 Å². The Labute approximate surface area is 127 Å². The van der Waals surface area contributed by atoms with E-state index in [1.54, 1.807) is 26.1 Å². The maximum atomic E-state index is 12.2. The van der Waals surface area contributed by atoms with Gasteiger partial charge in [-0.25, -0.2) is 4.79 Å². The molecule has 0 aliphatic rings. The number of esters is 1. The van der Waals surface area contributed by atoms with Crippen LogP contribution in [0.15, 0.2) is 18.3 Å². The van der Waals surface area contributed by atoms with Crippen LogP contribution >= 0.6 is 11.3 Å². The molecule has 0 spiro atoms. The number of rotatable bonds is 5. The molecule has 2 rings (SSSR count). The molecule has 0 aromatic carbocycles. The van der Waals surface area contributed by atoms with Gasteiger partial charge in [-0.1, -0.05) is 6.92 Å².